The number of aromatic amines is 1. The number of fused-ring (bicyclic) bond motifs is 1. The summed E-state index contributed by atoms with van der Waals surface area (Å²) in [4.78, 5) is 32.5. The van der Waals surface area contributed by atoms with Crippen molar-refractivity contribution in [1.82, 2.24) is 14.8 Å². The second kappa shape index (κ2) is 8.94. The molecule has 1 atom stereocenters. The second-order valence-electron chi connectivity index (χ2n) is 8.21. The number of aryl methyl sites for hydroxylation is 2. The van der Waals surface area contributed by atoms with E-state index < -0.39 is 5.97 Å². The number of H-pyrrole nitrogens is 1. The van der Waals surface area contributed by atoms with E-state index in [1.807, 2.05) is 32.0 Å². The van der Waals surface area contributed by atoms with Crippen LogP contribution in [0, 0.1) is 13.8 Å². The number of rotatable bonds is 5. The third-order valence-corrected chi connectivity index (χ3v) is 6.37. The van der Waals surface area contributed by atoms with E-state index in [4.69, 9.17) is 4.74 Å². The number of aromatic nitrogens is 1. The summed E-state index contributed by atoms with van der Waals surface area (Å²) in [6, 6.07) is 16.1. The minimum Gasteiger partial charge on any atom is -0.452 e. The number of piperazine rings is 1. The Morgan fingerprint density at radius 3 is 2.45 bits per heavy atom. The molecule has 1 unspecified atom stereocenters. The van der Waals surface area contributed by atoms with Gasteiger partial charge in [0.1, 0.15) is 0 Å². The predicted octanol–water partition coefficient (Wildman–Crippen LogP) is 3.85. The first-order valence-corrected chi connectivity index (χ1v) is 10.8. The van der Waals surface area contributed by atoms with Crippen LogP contribution in [0.3, 0.4) is 0 Å². The number of ether oxygens (including phenoxy) is 1. The molecule has 0 saturated carbocycles. The number of esters is 1. The molecule has 0 bridgehead atoms. The molecular weight excluding hydrogens is 390 g/mol. The van der Waals surface area contributed by atoms with Crippen LogP contribution in [0.5, 0.6) is 0 Å². The highest BCUT2D eigenvalue weighted by molar-refractivity contribution is 5.96. The lowest BCUT2D eigenvalue weighted by Gasteiger charge is -2.38. The molecule has 1 N–H and O–H groups in total. The van der Waals surface area contributed by atoms with Crippen LogP contribution in [0.15, 0.2) is 48.5 Å². The third-order valence-electron chi connectivity index (χ3n) is 6.37. The predicted molar refractivity (Wildman–Crippen MR) is 121 cm³/mol. The van der Waals surface area contributed by atoms with E-state index in [-0.39, 0.29) is 12.5 Å². The molecule has 6 nitrogen and oxygen atoms in total. The van der Waals surface area contributed by atoms with Crippen molar-refractivity contribution < 1.29 is 14.3 Å². The normalized spacial score (nSPS) is 15.8. The molecule has 1 fully saturated rings. The van der Waals surface area contributed by atoms with Crippen molar-refractivity contribution in [2.24, 2.45) is 0 Å². The maximum absolute atomic E-state index is 12.6. The van der Waals surface area contributed by atoms with Crippen LogP contribution >= 0.6 is 0 Å². The van der Waals surface area contributed by atoms with Gasteiger partial charge in [0.05, 0.1) is 5.56 Å². The quantitative estimate of drug-likeness (QED) is 0.638. The largest absolute Gasteiger partial charge is 0.452 e. The van der Waals surface area contributed by atoms with Gasteiger partial charge in [0.25, 0.3) is 5.91 Å². The fourth-order valence-electron chi connectivity index (χ4n) is 4.19. The van der Waals surface area contributed by atoms with Gasteiger partial charge in [-0.1, -0.05) is 30.3 Å². The molecule has 3 aromatic rings. The van der Waals surface area contributed by atoms with Gasteiger partial charge in [-0.2, -0.15) is 0 Å². The molecule has 162 valence electrons. The minimum absolute atomic E-state index is 0.143. The summed E-state index contributed by atoms with van der Waals surface area (Å²) in [6.07, 6.45) is 0. The van der Waals surface area contributed by atoms with Crippen molar-refractivity contribution >= 4 is 22.8 Å². The topological polar surface area (TPSA) is 65.6 Å². The van der Waals surface area contributed by atoms with Crippen LogP contribution in [-0.2, 0) is 9.53 Å². The van der Waals surface area contributed by atoms with Crippen molar-refractivity contribution in [3.05, 3.63) is 70.9 Å². The van der Waals surface area contributed by atoms with Gasteiger partial charge >= 0.3 is 5.97 Å². The zero-order chi connectivity index (χ0) is 22.0. The Morgan fingerprint density at radius 1 is 1.03 bits per heavy atom. The summed E-state index contributed by atoms with van der Waals surface area (Å²) in [5.41, 5.74) is 4.93. The highest BCUT2D eigenvalue weighted by Gasteiger charge is 2.25. The molecule has 1 amide bonds. The Hall–Kier alpha value is -3.12. The Balaban J connectivity index is 1.29. The van der Waals surface area contributed by atoms with Crippen LogP contribution in [0.1, 0.15) is 40.1 Å². The van der Waals surface area contributed by atoms with Gasteiger partial charge in [-0.3, -0.25) is 9.69 Å². The fraction of sp³-hybridized carbons (Fsp3) is 0.360. The lowest BCUT2D eigenvalue weighted by atomic mass is 10.1. The fourth-order valence-corrected chi connectivity index (χ4v) is 4.19. The zero-order valence-electron chi connectivity index (χ0n) is 18.4. The number of hydrogen-bond acceptors (Lipinski definition) is 4. The van der Waals surface area contributed by atoms with Crippen LogP contribution in [0.25, 0.3) is 10.9 Å². The molecule has 1 saturated heterocycles. The van der Waals surface area contributed by atoms with Gasteiger partial charge < -0.3 is 14.6 Å². The van der Waals surface area contributed by atoms with E-state index >= 15 is 0 Å². The van der Waals surface area contributed by atoms with Crippen molar-refractivity contribution in [2.45, 2.75) is 26.8 Å². The summed E-state index contributed by atoms with van der Waals surface area (Å²) in [7, 11) is 0. The van der Waals surface area contributed by atoms with Crippen molar-refractivity contribution in [2.75, 3.05) is 32.8 Å². The van der Waals surface area contributed by atoms with E-state index in [1.54, 1.807) is 11.0 Å². The number of nitrogens with one attached hydrogen (secondary N) is 1. The van der Waals surface area contributed by atoms with Crippen LogP contribution in [0.2, 0.25) is 0 Å². The second-order valence-corrected chi connectivity index (χ2v) is 8.21. The average molecular weight is 420 g/mol. The van der Waals surface area contributed by atoms with E-state index in [0.717, 1.165) is 35.2 Å². The summed E-state index contributed by atoms with van der Waals surface area (Å²) in [5.74, 6) is -0.611. The van der Waals surface area contributed by atoms with E-state index in [1.165, 1.54) is 5.56 Å². The van der Waals surface area contributed by atoms with Crippen molar-refractivity contribution in [1.29, 1.82) is 0 Å². The first-order chi connectivity index (χ1) is 14.9. The summed E-state index contributed by atoms with van der Waals surface area (Å²) >= 11 is 0. The lowest BCUT2D eigenvalue weighted by molar-refractivity contribution is -0.136. The van der Waals surface area contributed by atoms with Crippen molar-refractivity contribution in [3.63, 3.8) is 0 Å². The van der Waals surface area contributed by atoms with Gasteiger partial charge in [0.2, 0.25) is 0 Å². The number of nitrogens with zero attached hydrogens (tertiary/aromatic N) is 2. The molecule has 0 aliphatic carbocycles. The Morgan fingerprint density at radius 2 is 1.74 bits per heavy atom. The first kappa shape index (κ1) is 21.1. The molecule has 0 spiro atoms. The van der Waals surface area contributed by atoms with E-state index in [2.05, 4.69) is 41.1 Å². The molecule has 1 aromatic heterocycles. The number of benzene rings is 2. The van der Waals surface area contributed by atoms with Crippen LogP contribution in [0.4, 0.5) is 0 Å². The first-order valence-electron chi connectivity index (χ1n) is 10.8. The molecule has 31 heavy (non-hydrogen) atoms. The third kappa shape index (κ3) is 4.49. The molecule has 2 aromatic carbocycles. The molecular formula is C25H29N3O3. The number of hydrogen-bond donors (Lipinski definition) is 1. The minimum atomic E-state index is -0.468. The number of carbonyl (C=O) groups is 2. The Bertz CT molecular complexity index is 1080. The molecule has 0 radical (unpaired) electrons. The van der Waals surface area contributed by atoms with E-state index in [0.29, 0.717) is 24.7 Å². The highest BCUT2D eigenvalue weighted by Crippen LogP contribution is 2.23. The standard InChI is InChI=1S/C25H29N3O3/c1-17-18(2)26-23-10-9-21(15-22(17)23)25(30)31-16-24(29)28-13-11-27(12-14-28)19(3)20-7-5-4-6-8-20/h4-10,15,19,26H,11-14,16H2,1-3H3. The molecule has 1 aliphatic heterocycles. The molecule has 1 aliphatic rings. The Kier molecular flexibility index (Phi) is 6.09. The summed E-state index contributed by atoms with van der Waals surface area (Å²) in [6.45, 7) is 8.88. The maximum atomic E-state index is 12.6. The monoisotopic (exact) mass is 419 g/mol. The van der Waals surface area contributed by atoms with Crippen LogP contribution in [-0.4, -0.2) is 59.4 Å². The van der Waals surface area contributed by atoms with Crippen LogP contribution < -0.4 is 0 Å². The smallest absolute Gasteiger partial charge is 0.338 e. The van der Waals surface area contributed by atoms with E-state index in [9.17, 15) is 9.59 Å². The van der Waals surface area contributed by atoms with Gasteiger partial charge in [-0.25, -0.2) is 4.79 Å². The SMILES string of the molecule is Cc1[nH]c2ccc(C(=O)OCC(=O)N3CCN(C(C)c4ccccc4)CC3)cc2c1C. The van der Waals surface area contributed by atoms with Gasteiger partial charge in [0.15, 0.2) is 6.61 Å². The highest BCUT2D eigenvalue weighted by atomic mass is 16.5. The number of amides is 1. The summed E-state index contributed by atoms with van der Waals surface area (Å²) < 4.78 is 5.33. The van der Waals surface area contributed by atoms with Crippen molar-refractivity contribution in [3.8, 4) is 0 Å². The lowest BCUT2D eigenvalue weighted by Crippen LogP contribution is -2.50. The Labute approximate surface area is 182 Å². The van der Waals surface area contributed by atoms with Gasteiger partial charge in [0, 0.05) is 48.8 Å². The maximum Gasteiger partial charge on any atom is 0.338 e. The van der Waals surface area contributed by atoms with Gasteiger partial charge in [-0.05, 0) is 50.1 Å². The number of carbonyl (C=O) groups excluding carboxylic acids is 2. The molecule has 4 rings (SSSR count). The zero-order valence-corrected chi connectivity index (χ0v) is 18.4. The molecule has 2 heterocycles. The molecule has 6 heteroatoms. The summed E-state index contributed by atoms with van der Waals surface area (Å²) in [5, 5.41) is 1.00. The van der Waals surface area contributed by atoms with Gasteiger partial charge in [-0.15, -0.1) is 0 Å². The average Bonchev–Trinajstić information content (AvgIpc) is 3.10.